The molecule has 6 aromatic rings. The third kappa shape index (κ3) is 10.8. The summed E-state index contributed by atoms with van der Waals surface area (Å²) in [6, 6.07) is 45.8. The number of anilines is 3. The molecule has 0 saturated carbocycles. The molecular weight excluding hydrogens is 656 g/mol. The van der Waals surface area contributed by atoms with Crippen molar-refractivity contribution in [3.05, 3.63) is 179 Å². The average molecular weight is 691 g/mol. The lowest BCUT2D eigenvalue weighted by Crippen LogP contribution is -2.11. The molecule has 0 saturated heterocycles. The van der Waals surface area contributed by atoms with Gasteiger partial charge in [-0.25, -0.2) is 0 Å². The molecule has 0 fully saturated rings. The number of carbonyl (C=O) groups excluding carboxylic acids is 2. The molecule has 2 amide bonds. The minimum atomic E-state index is -0.469. The highest BCUT2D eigenvalue weighted by atomic mass is 16.6. The number of non-ortho nitro benzene ring substituents is 1. The van der Waals surface area contributed by atoms with Crippen LogP contribution in [0.2, 0.25) is 0 Å². The fourth-order valence-electron chi connectivity index (χ4n) is 4.50. The number of hydrogen-bond donors (Lipinski definition) is 2. The van der Waals surface area contributed by atoms with Gasteiger partial charge in [-0.3, -0.25) is 19.7 Å². The van der Waals surface area contributed by atoms with Gasteiger partial charge in [-0.1, -0.05) is 36.4 Å². The minimum Gasteiger partial charge on any atom is -0.378 e. The van der Waals surface area contributed by atoms with E-state index >= 15 is 0 Å². The second-order valence-electron chi connectivity index (χ2n) is 11.3. The zero-order valence-corrected chi connectivity index (χ0v) is 28.3. The highest BCUT2D eigenvalue weighted by Crippen LogP contribution is 2.24. The van der Waals surface area contributed by atoms with Crippen LogP contribution in [0.1, 0.15) is 20.7 Å². The summed E-state index contributed by atoms with van der Waals surface area (Å²) in [6.45, 7) is 0. The Kier molecular flexibility index (Phi) is 12.4. The number of azo groups is 2. The van der Waals surface area contributed by atoms with Gasteiger partial charge < -0.3 is 15.5 Å². The Balaban J connectivity index is 0.000000201. The number of hydrogen-bond acceptors (Lipinski definition) is 9. The Morgan fingerprint density at radius 2 is 0.827 bits per heavy atom. The molecule has 2 N–H and O–H groups in total. The van der Waals surface area contributed by atoms with Gasteiger partial charge in [-0.05, 0) is 109 Å². The van der Waals surface area contributed by atoms with Gasteiger partial charge in [0.05, 0.1) is 27.7 Å². The summed E-state index contributed by atoms with van der Waals surface area (Å²) in [6.07, 6.45) is 0. The van der Waals surface area contributed by atoms with Crippen molar-refractivity contribution in [2.45, 2.75) is 0 Å². The largest absolute Gasteiger partial charge is 0.378 e. The van der Waals surface area contributed by atoms with E-state index in [1.165, 1.54) is 24.3 Å². The molecule has 0 aromatic heterocycles. The van der Waals surface area contributed by atoms with Gasteiger partial charge in [0.15, 0.2) is 0 Å². The van der Waals surface area contributed by atoms with Crippen molar-refractivity contribution >= 4 is 57.3 Å². The maximum atomic E-state index is 12.1. The predicted molar refractivity (Wildman–Crippen MR) is 204 cm³/mol. The van der Waals surface area contributed by atoms with Crippen LogP contribution in [-0.2, 0) is 0 Å². The van der Waals surface area contributed by atoms with E-state index < -0.39 is 4.92 Å². The molecule has 52 heavy (non-hydrogen) atoms. The topological polar surface area (TPSA) is 154 Å². The Labute approximate surface area is 300 Å². The number of nitrogens with zero attached hydrogens (tertiary/aromatic N) is 6. The van der Waals surface area contributed by atoms with E-state index in [4.69, 9.17) is 0 Å². The summed E-state index contributed by atoms with van der Waals surface area (Å²) < 4.78 is 0. The second-order valence-corrected chi connectivity index (χ2v) is 11.3. The average Bonchev–Trinajstić information content (AvgIpc) is 3.18. The molecule has 6 rings (SSSR count). The minimum absolute atomic E-state index is 0.00228. The quantitative estimate of drug-likeness (QED) is 0.0831. The molecule has 0 unspecified atom stereocenters. The fourth-order valence-corrected chi connectivity index (χ4v) is 4.50. The van der Waals surface area contributed by atoms with Gasteiger partial charge in [0.2, 0.25) is 0 Å². The molecule has 0 heterocycles. The summed E-state index contributed by atoms with van der Waals surface area (Å²) in [5, 5.41) is 32.8. The lowest BCUT2D eigenvalue weighted by Gasteiger charge is -2.11. The van der Waals surface area contributed by atoms with Crippen molar-refractivity contribution in [3.63, 3.8) is 0 Å². The third-order valence-electron chi connectivity index (χ3n) is 7.31. The standard InChI is InChI=1S/C21H20N4O.C19H14N4O3/c1-25(2)20-14-12-19(13-15-20)24-23-18-10-8-17(9-11-18)22-21(26)16-6-4-3-5-7-16;24-19(14-4-2-1-3-5-14)20-15-6-8-16(9-7-15)21-22-17-10-12-18(13-11-17)23(25)26/h3-15H,1-2H3,(H,22,26);1-13H,(H,20,24). The van der Waals surface area contributed by atoms with Gasteiger partial charge >= 0.3 is 0 Å². The van der Waals surface area contributed by atoms with Crippen LogP contribution in [0.3, 0.4) is 0 Å². The number of nitro benzene ring substituents is 1. The number of carbonyl (C=O) groups is 2. The molecule has 6 aromatic carbocycles. The molecule has 0 bridgehead atoms. The summed E-state index contributed by atoms with van der Waals surface area (Å²) >= 11 is 0. The third-order valence-corrected chi connectivity index (χ3v) is 7.31. The first-order valence-electron chi connectivity index (χ1n) is 16.0. The van der Waals surface area contributed by atoms with E-state index in [0.717, 1.165) is 17.1 Å². The van der Waals surface area contributed by atoms with Crippen molar-refractivity contribution in [2.75, 3.05) is 29.6 Å². The number of benzene rings is 6. The lowest BCUT2D eigenvalue weighted by atomic mass is 10.2. The van der Waals surface area contributed by atoms with Crippen LogP contribution in [0.25, 0.3) is 0 Å². The van der Waals surface area contributed by atoms with Gasteiger partial charge in [-0.15, -0.1) is 0 Å². The van der Waals surface area contributed by atoms with Gasteiger partial charge in [0.25, 0.3) is 17.5 Å². The van der Waals surface area contributed by atoms with Gasteiger partial charge in [0, 0.05) is 54.4 Å². The van der Waals surface area contributed by atoms with Crippen LogP contribution < -0.4 is 15.5 Å². The molecule has 0 aliphatic carbocycles. The lowest BCUT2D eigenvalue weighted by molar-refractivity contribution is -0.384. The SMILES string of the molecule is CN(C)c1ccc(N=Nc2ccc(NC(=O)c3ccccc3)cc2)cc1.O=C(Nc1ccc(N=Nc2ccc([N+](=O)[O-])cc2)cc1)c1ccccc1. The highest BCUT2D eigenvalue weighted by molar-refractivity contribution is 6.04. The highest BCUT2D eigenvalue weighted by Gasteiger charge is 2.07. The number of rotatable bonds is 10. The molecule has 12 nitrogen and oxygen atoms in total. The van der Waals surface area contributed by atoms with Crippen LogP contribution in [0.5, 0.6) is 0 Å². The van der Waals surface area contributed by atoms with Crippen LogP contribution in [0.15, 0.2) is 178 Å². The van der Waals surface area contributed by atoms with E-state index in [-0.39, 0.29) is 17.5 Å². The van der Waals surface area contributed by atoms with Gasteiger partial charge in [-0.2, -0.15) is 20.5 Å². The van der Waals surface area contributed by atoms with E-state index in [2.05, 4.69) is 31.1 Å². The molecule has 0 aliphatic rings. The summed E-state index contributed by atoms with van der Waals surface area (Å²) in [7, 11) is 3.99. The molecule has 0 radical (unpaired) electrons. The Bertz CT molecular complexity index is 2140. The van der Waals surface area contributed by atoms with Crippen molar-refractivity contribution in [1.82, 2.24) is 0 Å². The number of nitrogens with one attached hydrogen (secondary N) is 2. The van der Waals surface area contributed by atoms with Crippen molar-refractivity contribution in [3.8, 4) is 0 Å². The van der Waals surface area contributed by atoms with Crippen molar-refractivity contribution in [1.29, 1.82) is 0 Å². The second kappa shape index (κ2) is 17.9. The van der Waals surface area contributed by atoms with Gasteiger partial charge in [0.1, 0.15) is 0 Å². The van der Waals surface area contributed by atoms with Crippen LogP contribution in [-0.4, -0.2) is 30.8 Å². The van der Waals surface area contributed by atoms with Crippen molar-refractivity contribution in [2.24, 2.45) is 20.5 Å². The monoisotopic (exact) mass is 690 g/mol. The Morgan fingerprint density at radius 1 is 0.500 bits per heavy atom. The first-order chi connectivity index (χ1) is 25.2. The maximum Gasteiger partial charge on any atom is 0.269 e. The summed E-state index contributed by atoms with van der Waals surface area (Å²) in [5.74, 6) is -0.327. The van der Waals surface area contributed by atoms with Crippen LogP contribution in [0.4, 0.5) is 45.5 Å². The first-order valence-corrected chi connectivity index (χ1v) is 16.0. The smallest absolute Gasteiger partial charge is 0.269 e. The zero-order chi connectivity index (χ0) is 36.7. The Hall–Kier alpha value is -7.34. The van der Waals surface area contributed by atoms with Crippen LogP contribution >= 0.6 is 0 Å². The van der Waals surface area contributed by atoms with E-state index in [9.17, 15) is 19.7 Å². The molecule has 258 valence electrons. The number of nitro groups is 1. The van der Waals surface area contributed by atoms with E-state index in [0.29, 0.717) is 33.9 Å². The molecule has 0 spiro atoms. The van der Waals surface area contributed by atoms with Crippen molar-refractivity contribution < 1.29 is 14.5 Å². The molecule has 0 aliphatic heterocycles. The Morgan fingerprint density at radius 3 is 1.15 bits per heavy atom. The van der Waals surface area contributed by atoms with E-state index in [1.54, 1.807) is 60.7 Å². The summed E-state index contributed by atoms with van der Waals surface area (Å²) in [5.41, 5.74) is 6.30. The van der Waals surface area contributed by atoms with Crippen LogP contribution in [0, 0.1) is 10.1 Å². The first kappa shape index (κ1) is 36.0. The predicted octanol–water partition coefficient (Wildman–Crippen LogP) is 10.7. The fraction of sp³-hybridized carbons (Fsp3) is 0.0500. The normalized spacial score (nSPS) is 10.7. The zero-order valence-electron chi connectivity index (χ0n) is 28.3. The maximum absolute atomic E-state index is 12.1. The summed E-state index contributed by atoms with van der Waals surface area (Å²) in [4.78, 5) is 36.4. The molecular formula is C40H34N8O4. The number of amides is 2. The molecule has 0 atom stereocenters. The van der Waals surface area contributed by atoms with E-state index in [1.807, 2.05) is 91.8 Å². The molecule has 12 heteroatoms.